The van der Waals surface area contributed by atoms with Crippen molar-refractivity contribution in [2.75, 3.05) is 7.11 Å². The van der Waals surface area contributed by atoms with E-state index >= 15 is 0 Å². The monoisotopic (exact) mass is 236 g/mol. The lowest BCUT2D eigenvalue weighted by Gasteiger charge is -2.34. The Kier molecular flexibility index (Phi) is 3.62. The summed E-state index contributed by atoms with van der Waals surface area (Å²) in [6.07, 6.45) is 8.49. The van der Waals surface area contributed by atoms with Crippen LogP contribution >= 0.6 is 0 Å². The summed E-state index contributed by atoms with van der Waals surface area (Å²) < 4.78 is 7.45. The van der Waals surface area contributed by atoms with E-state index in [9.17, 15) is 4.79 Å². The number of ketones is 1. The third-order valence-electron chi connectivity index (χ3n) is 3.73. The van der Waals surface area contributed by atoms with E-state index in [2.05, 4.69) is 4.98 Å². The summed E-state index contributed by atoms with van der Waals surface area (Å²) in [5.74, 6) is 0.586. The second kappa shape index (κ2) is 5.00. The second-order valence-electron chi connectivity index (χ2n) is 4.63. The molecule has 1 aliphatic rings. The molecule has 1 heterocycles. The Hall–Kier alpha value is -1.16. The van der Waals surface area contributed by atoms with Gasteiger partial charge in [-0.05, 0) is 19.8 Å². The van der Waals surface area contributed by atoms with Crippen LogP contribution in [0.25, 0.3) is 0 Å². The molecule has 1 aromatic heterocycles. The molecule has 1 aliphatic carbocycles. The quantitative estimate of drug-likeness (QED) is 0.754. The number of imidazole rings is 1. The Morgan fingerprint density at radius 3 is 2.76 bits per heavy atom. The van der Waals surface area contributed by atoms with Crippen LogP contribution in [0.2, 0.25) is 0 Å². The molecule has 1 saturated carbocycles. The van der Waals surface area contributed by atoms with Gasteiger partial charge in [-0.1, -0.05) is 19.3 Å². The van der Waals surface area contributed by atoms with Crippen LogP contribution in [0.1, 0.15) is 49.6 Å². The van der Waals surface area contributed by atoms with E-state index in [1.807, 2.05) is 17.7 Å². The number of hydrogen-bond donors (Lipinski definition) is 0. The summed E-state index contributed by atoms with van der Waals surface area (Å²) in [4.78, 5) is 16.8. The van der Waals surface area contributed by atoms with Gasteiger partial charge in [0.15, 0.2) is 5.82 Å². The number of rotatable bonds is 4. The molecular weight excluding hydrogens is 216 g/mol. The number of methoxy groups -OCH3 is 1. The van der Waals surface area contributed by atoms with Crippen molar-refractivity contribution < 1.29 is 9.53 Å². The first-order valence-corrected chi connectivity index (χ1v) is 6.34. The Morgan fingerprint density at radius 1 is 1.47 bits per heavy atom. The van der Waals surface area contributed by atoms with Gasteiger partial charge < -0.3 is 9.30 Å². The summed E-state index contributed by atoms with van der Waals surface area (Å²) in [6.45, 7) is 2.78. The van der Waals surface area contributed by atoms with Crippen molar-refractivity contribution in [1.82, 2.24) is 9.55 Å². The molecule has 0 bridgehead atoms. The summed E-state index contributed by atoms with van der Waals surface area (Å²) in [7, 11) is 1.64. The molecule has 0 spiro atoms. The summed E-state index contributed by atoms with van der Waals surface area (Å²) in [6, 6.07) is 0. The molecule has 4 heteroatoms. The molecule has 4 nitrogen and oxygen atoms in total. The topological polar surface area (TPSA) is 44.1 Å². The van der Waals surface area contributed by atoms with E-state index in [1.54, 1.807) is 13.3 Å². The minimum absolute atomic E-state index is 0.0477. The lowest BCUT2D eigenvalue weighted by Crippen LogP contribution is -2.43. The van der Waals surface area contributed by atoms with Gasteiger partial charge in [0.1, 0.15) is 5.60 Å². The maximum atomic E-state index is 12.6. The van der Waals surface area contributed by atoms with Crippen LogP contribution < -0.4 is 0 Å². The highest BCUT2D eigenvalue weighted by atomic mass is 16.5. The number of carbonyl (C=O) groups is 1. The van der Waals surface area contributed by atoms with E-state index in [0.29, 0.717) is 5.82 Å². The van der Waals surface area contributed by atoms with E-state index in [1.165, 1.54) is 6.42 Å². The summed E-state index contributed by atoms with van der Waals surface area (Å²) in [5.41, 5.74) is -0.628. The Balaban J connectivity index is 2.28. The van der Waals surface area contributed by atoms with Gasteiger partial charge in [-0.15, -0.1) is 0 Å². The third-order valence-corrected chi connectivity index (χ3v) is 3.73. The number of carbonyl (C=O) groups excluding carboxylic acids is 1. The van der Waals surface area contributed by atoms with Crippen molar-refractivity contribution in [3.63, 3.8) is 0 Å². The van der Waals surface area contributed by atoms with Gasteiger partial charge in [-0.25, -0.2) is 4.98 Å². The molecule has 0 amide bonds. The van der Waals surface area contributed by atoms with Gasteiger partial charge in [0.25, 0.3) is 0 Å². The van der Waals surface area contributed by atoms with Crippen LogP contribution in [-0.2, 0) is 11.3 Å². The van der Waals surface area contributed by atoms with E-state index < -0.39 is 5.60 Å². The summed E-state index contributed by atoms with van der Waals surface area (Å²) in [5, 5.41) is 0. The molecule has 0 atom stereocenters. The van der Waals surface area contributed by atoms with Crippen LogP contribution in [0, 0.1) is 0 Å². The molecule has 0 unspecified atom stereocenters. The SMILES string of the molecule is CCn1ccnc1C(=O)C1(OC)CCCCC1. The van der Waals surface area contributed by atoms with Crippen LogP contribution in [0.4, 0.5) is 0 Å². The van der Waals surface area contributed by atoms with Crippen LogP contribution in [0.5, 0.6) is 0 Å². The van der Waals surface area contributed by atoms with E-state index in [0.717, 1.165) is 32.2 Å². The number of Topliss-reactive ketones (excluding diaryl/α,β-unsaturated/α-hetero) is 1. The van der Waals surface area contributed by atoms with Crippen LogP contribution in [-0.4, -0.2) is 28.0 Å². The Bertz CT molecular complexity index is 392. The average molecular weight is 236 g/mol. The molecule has 0 aliphatic heterocycles. The first-order valence-electron chi connectivity index (χ1n) is 6.34. The van der Waals surface area contributed by atoms with Crippen molar-refractivity contribution in [2.24, 2.45) is 0 Å². The molecule has 94 valence electrons. The van der Waals surface area contributed by atoms with Crippen molar-refractivity contribution in [3.8, 4) is 0 Å². The predicted molar refractivity (Wildman–Crippen MR) is 65.1 cm³/mol. The van der Waals surface area contributed by atoms with E-state index in [-0.39, 0.29) is 5.78 Å². The molecule has 0 N–H and O–H groups in total. The smallest absolute Gasteiger partial charge is 0.229 e. The average Bonchev–Trinajstić information content (AvgIpc) is 2.86. The van der Waals surface area contributed by atoms with Crippen LogP contribution in [0.3, 0.4) is 0 Å². The Labute approximate surface area is 102 Å². The largest absolute Gasteiger partial charge is 0.370 e. The highest BCUT2D eigenvalue weighted by molar-refractivity contribution is 5.99. The maximum absolute atomic E-state index is 12.6. The molecule has 2 rings (SSSR count). The van der Waals surface area contributed by atoms with Gasteiger partial charge in [0.05, 0.1) is 0 Å². The number of ether oxygens (including phenoxy) is 1. The molecule has 1 aromatic rings. The van der Waals surface area contributed by atoms with Crippen molar-refractivity contribution in [3.05, 3.63) is 18.2 Å². The number of aryl methyl sites for hydroxylation is 1. The fraction of sp³-hybridized carbons (Fsp3) is 0.692. The van der Waals surface area contributed by atoms with Crippen molar-refractivity contribution >= 4 is 5.78 Å². The number of hydrogen-bond acceptors (Lipinski definition) is 3. The predicted octanol–water partition coefficient (Wildman–Crippen LogP) is 2.44. The van der Waals surface area contributed by atoms with Crippen molar-refractivity contribution in [2.45, 2.75) is 51.2 Å². The first kappa shape index (κ1) is 12.3. The minimum atomic E-state index is -0.628. The van der Waals surface area contributed by atoms with Gasteiger partial charge in [-0.2, -0.15) is 0 Å². The molecular formula is C13H20N2O2. The van der Waals surface area contributed by atoms with Crippen molar-refractivity contribution in [1.29, 1.82) is 0 Å². The van der Waals surface area contributed by atoms with Gasteiger partial charge in [0.2, 0.25) is 5.78 Å². The molecule has 17 heavy (non-hydrogen) atoms. The van der Waals surface area contributed by atoms with E-state index in [4.69, 9.17) is 4.74 Å². The lowest BCUT2D eigenvalue weighted by atomic mass is 9.81. The minimum Gasteiger partial charge on any atom is -0.370 e. The fourth-order valence-electron chi connectivity index (χ4n) is 2.62. The van der Waals surface area contributed by atoms with Crippen LogP contribution in [0.15, 0.2) is 12.4 Å². The lowest BCUT2D eigenvalue weighted by molar-refractivity contribution is -0.0204. The zero-order valence-electron chi connectivity index (χ0n) is 10.6. The zero-order valence-corrected chi connectivity index (χ0v) is 10.6. The number of aromatic nitrogens is 2. The Morgan fingerprint density at radius 2 is 2.18 bits per heavy atom. The molecule has 0 saturated heterocycles. The van der Waals surface area contributed by atoms with Gasteiger partial charge in [0, 0.05) is 26.0 Å². The normalized spacial score (nSPS) is 19.2. The standard InChI is InChI=1S/C13H20N2O2/c1-3-15-10-9-14-12(15)11(16)13(17-2)7-5-4-6-8-13/h9-10H,3-8H2,1-2H3. The molecule has 0 aromatic carbocycles. The van der Waals surface area contributed by atoms with Gasteiger partial charge in [-0.3, -0.25) is 4.79 Å². The fourth-order valence-corrected chi connectivity index (χ4v) is 2.62. The highest BCUT2D eigenvalue weighted by Crippen LogP contribution is 2.33. The summed E-state index contributed by atoms with van der Waals surface area (Å²) >= 11 is 0. The second-order valence-corrected chi connectivity index (χ2v) is 4.63. The molecule has 0 radical (unpaired) electrons. The number of nitrogens with zero attached hydrogens (tertiary/aromatic N) is 2. The molecule has 1 fully saturated rings. The maximum Gasteiger partial charge on any atom is 0.229 e. The highest BCUT2D eigenvalue weighted by Gasteiger charge is 2.41. The first-order chi connectivity index (χ1) is 8.23. The van der Waals surface area contributed by atoms with Gasteiger partial charge >= 0.3 is 0 Å². The third kappa shape index (κ3) is 2.14. The zero-order chi connectivity index (χ0) is 12.3.